The first-order valence-electron chi connectivity index (χ1n) is 12.2. The summed E-state index contributed by atoms with van der Waals surface area (Å²) in [5, 5.41) is 1.54. The second-order valence-corrected chi connectivity index (χ2v) is 10.2. The SMILES string of the molecule is N/C(=C\S)NSc1cc(Cl)c(Oc2cnc(-c3cccc(F)c3)cc2-c2ccnc(N3CCOCC3)c2)cc1F. The Morgan fingerprint density at radius 2 is 1.90 bits per heavy atom. The number of aromatic nitrogens is 2. The zero-order valence-electron chi connectivity index (χ0n) is 21.0. The molecular weight excluding hydrogens is 576 g/mol. The summed E-state index contributed by atoms with van der Waals surface area (Å²) in [6, 6.07) is 14.4. The zero-order chi connectivity index (χ0) is 28.1. The first-order valence-corrected chi connectivity index (χ1v) is 13.9. The van der Waals surface area contributed by atoms with Gasteiger partial charge in [0.15, 0.2) is 5.75 Å². The van der Waals surface area contributed by atoms with Gasteiger partial charge >= 0.3 is 0 Å². The lowest BCUT2D eigenvalue weighted by molar-refractivity contribution is 0.122. The normalized spacial score (nSPS) is 13.8. The van der Waals surface area contributed by atoms with Crippen molar-refractivity contribution in [2.24, 2.45) is 5.73 Å². The topological polar surface area (TPSA) is 85.5 Å². The molecule has 206 valence electrons. The first kappa shape index (κ1) is 28.0. The van der Waals surface area contributed by atoms with Crippen LogP contribution in [0.5, 0.6) is 11.5 Å². The number of ether oxygens (including phenoxy) is 2. The third kappa shape index (κ3) is 6.61. The summed E-state index contributed by atoms with van der Waals surface area (Å²) < 4.78 is 43.3. The molecule has 1 aliphatic heterocycles. The molecule has 5 rings (SSSR count). The van der Waals surface area contributed by atoms with E-state index in [0.29, 0.717) is 48.9 Å². The fourth-order valence-electron chi connectivity index (χ4n) is 4.03. The largest absolute Gasteiger partial charge is 0.453 e. The van der Waals surface area contributed by atoms with Crippen molar-refractivity contribution in [3.05, 3.63) is 94.9 Å². The van der Waals surface area contributed by atoms with Crippen molar-refractivity contribution < 1.29 is 18.3 Å². The molecule has 7 nitrogen and oxygen atoms in total. The maximum atomic E-state index is 14.9. The molecule has 0 spiro atoms. The van der Waals surface area contributed by atoms with E-state index in [-0.39, 0.29) is 27.3 Å². The monoisotopic (exact) mass is 599 g/mol. The van der Waals surface area contributed by atoms with Crippen LogP contribution in [0.25, 0.3) is 22.4 Å². The van der Waals surface area contributed by atoms with E-state index in [2.05, 4.69) is 32.2 Å². The van der Waals surface area contributed by atoms with E-state index < -0.39 is 5.82 Å². The number of thiol groups is 1. The Morgan fingerprint density at radius 1 is 1.07 bits per heavy atom. The summed E-state index contributed by atoms with van der Waals surface area (Å²) in [6.45, 7) is 2.66. The lowest BCUT2D eigenvalue weighted by atomic mass is 10.0. The summed E-state index contributed by atoms with van der Waals surface area (Å²) in [4.78, 5) is 11.4. The highest BCUT2D eigenvalue weighted by molar-refractivity contribution is 7.97. The number of hydrogen-bond acceptors (Lipinski definition) is 9. The number of morpholine rings is 1. The molecule has 0 amide bonds. The third-order valence-electron chi connectivity index (χ3n) is 6.00. The van der Waals surface area contributed by atoms with Crippen LogP contribution < -0.4 is 20.1 Å². The lowest BCUT2D eigenvalue weighted by Gasteiger charge is -2.28. The highest BCUT2D eigenvalue weighted by Crippen LogP contribution is 2.40. The van der Waals surface area contributed by atoms with Gasteiger partial charge in [-0.1, -0.05) is 23.7 Å². The minimum Gasteiger partial charge on any atom is -0.453 e. The average Bonchev–Trinajstić information content (AvgIpc) is 2.98. The maximum Gasteiger partial charge on any atom is 0.153 e. The van der Waals surface area contributed by atoms with E-state index in [1.54, 1.807) is 24.4 Å². The molecule has 1 aliphatic rings. The van der Waals surface area contributed by atoms with Crippen molar-refractivity contribution in [2.45, 2.75) is 4.90 Å². The van der Waals surface area contributed by atoms with Gasteiger partial charge in [0.25, 0.3) is 0 Å². The van der Waals surface area contributed by atoms with Crippen LogP contribution in [0.15, 0.2) is 83.1 Å². The molecule has 0 saturated carbocycles. The lowest BCUT2D eigenvalue weighted by Crippen LogP contribution is -2.36. The highest BCUT2D eigenvalue weighted by Gasteiger charge is 2.18. The van der Waals surface area contributed by atoms with E-state index >= 15 is 0 Å². The van der Waals surface area contributed by atoms with Crippen LogP contribution in [0.1, 0.15) is 0 Å². The van der Waals surface area contributed by atoms with Gasteiger partial charge in [-0.3, -0.25) is 4.98 Å². The van der Waals surface area contributed by atoms with Gasteiger partial charge in [-0.05, 0) is 53.9 Å². The van der Waals surface area contributed by atoms with Gasteiger partial charge in [0, 0.05) is 41.9 Å². The van der Waals surface area contributed by atoms with Gasteiger partial charge in [-0.2, -0.15) is 0 Å². The van der Waals surface area contributed by atoms with Gasteiger partial charge in [0.05, 0.1) is 35.0 Å². The van der Waals surface area contributed by atoms with Gasteiger partial charge in [-0.15, -0.1) is 12.6 Å². The number of halogens is 3. The van der Waals surface area contributed by atoms with Crippen molar-refractivity contribution >= 4 is 42.0 Å². The number of nitrogens with zero attached hydrogens (tertiary/aromatic N) is 3. The predicted molar refractivity (Wildman–Crippen MR) is 158 cm³/mol. The minimum absolute atomic E-state index is 0.102. The predicted octanol–water partition coefficient (Wildman–Crippen LogP) is 6.66. The van der Waals surface area contributed by atoms with Crippen molar-refractivity contribution in [2.75, 3.05) is 31.2 Å². The second-order valence-electron chi connectivity index (χ2n) is 8.68. The zero-order valence-corrected chi connectivity index (χ0v) is 23.4. The minimum atomic E-state index is -0.562. The number of anilines is 1. The van der Waals surface area contributed by atoms with Gasteiger partial charge in [-0.25, -0.2) is 13.8 Å². The number of benzene rings is 2. The Kier molecular flexibility index (Phi) is 8.95. The van der Waals surface area contributed by atoms with Crippen LogP contribution in [0.4, 0.5) is 14.6 Å². The second kappa shape index (κ2) is 12.8. The van der Waals surface area contributed by atoms with Crippen molar-refractivity contribution in [1.82, 2.24) is 14.7 Å². The Bertz CT molecular complexity index is 1550. The smallest absolute Gasteiger partial charge is 0.153 e. The Labute approximate surface area is 244 Å². The molecule has 1 fully saturated rings. The number of nitrogens with one attached hydrogen (secondary N) is 1. The molecule has 0 atom stereocenters. The van der Waals surface area contributed by atoms with E-state index in [4.69, 9.17) is 26.8 Å². The summed E-state index contributed by atoms with van der Waals surface area (Å²) >= 11 is 11.4. The van der Waals surface area contributed by atoms with Gasteiger partial charge in [0.2, 0.25) is 0 Å². The highest BCUT2D eigenvalue weighted by atomic mass is 35.5. The van der Waals surface area contributed by atoms with E-state index in [9.17, 15) is 8.78 Å². The fourth-order valence-corrected chi connectivity index (χ4v) is 5.07. The molecule has 40 heavy (non-hydrogen) atoms. The first-order chi connectivity index (χ1) is 19.4. The molecule has 0 radical (unpaired) electrons. The van der Waals surface area contributed by atoms with E-state index in [1.807, 2.05) is 12.1 Å². The summed E-state index contributed by atoms with van der Waals surface area (Å²) in [5.41, 5.74) is 8.24. The molecule has 0 unspecified atom stereocenters. The van der Waals surface area contributed by atoms with Crippen LogP contribution in [-0.4, -0.2) is 36.3 Å². The van der Waals surface area contributed by atoms with Crippen molar-refractivity contribution in [1.29, 1.82) is 0 Å². The molecule has 0 aliphatic carbocycles. The Balaban J connectivity index is 1.53. The molecular formula is C28H24ClF2N5O2S2. The number of rotatable bonds is 8. The van der Waals surface area contributed by atoms with Crippen LogP contribution in [0.3, 0.4) is 0 Å². The standard InChI is InChI=1S/C28H24ClF2N5O2S2/c29-21-13-26(40-35-27(32)16-39)22(31)14-24(21)38-25-15-34-23(18-2-1-3-19(30)10-18)12-20(25)17-4-5-33-28(11-17)36-6-8-37-9-7-36/h1-5,10-16,35,39H,6-9,32H2/b27-16+. The van der Waals surface area contributed by atoms with Crippen molar-refractivity contribution in [3.8, 4) is 33.9 Å². The van der Waals surface area contributed by atoms with E-state index in [0.717, 1.165) is 23.3 Å². The summed E-state index contributed by atoms with van der Waals surface area (Å²) in [7, 11) is 0. The molecule has 4 aromatic rings. The Hall–Kier alpha value is -3.51. The quantitative estimate of drug-likeness (QED) is 0.153. The van der Waals surface area contributed by atoms with Crippen LogP contribution in [0, 0.1) is 11.6 Å². The van der Waals surface area contributed by atoms with Gasteiger partial charge in [0.1, 0.15) is 29.0 Å². The molecule has 0 bridgehead atoms. The van der Waals surface area contributed by atoms with Crippen molar-refractivity contribution in [3.63, 3.8) is 0 Å². The molecule has 1 saturated heterocycles. The third-order valence-corrected chi connectivity index (χ3v) is 7.45. The summed E-state index contributed by atoms with van der Waals surface area (Å²) in [5.74, 6) is 0.538. The van der Waals surface area contributed by atoms with Crippen LogP contribution in [0.2, 0.25) is 5.02 Å². The molecule has 2 aromatic heterocycles. The van der Waals surface area contributed by atoms with Gasteiger partial charge < -0.3 is 24.8 Å². The van der Waals surface area contributed by atoms with E-state index in [1.165, 1.54) is 35.9 Å². The Morgan fingerprint density at radius 3 is 2.67 bits per heavy atom. The maximum absolute atomic E-state index is 14.9. The molecule has 2 aromatic carbocycles. The number of nitrogens with two attached hydrogens (primary N) is 1. The fraction of sp³-hybridized carbons (Fsp3) is 0.143. The molecule has 3 heterocycles. The van der Waals surface area contributed by atoms with Crippen LogP contribution >= 0.6 is 36.2 Å². The summed E-state index contributed by atoms with van der Waals surface area (Å²) in [6.07, 6.45) is 3.23. The number of hydrogen-bond donors (Lipinski definition) is 3. The number of pyridine rings is 2. The molecule has 12 heteroatoms. The molecule has 3 N–H and O–H groups in total. The average molecular weight is 600 g/mol. The van der Waals surface area contributed by atoms with Crippen LogP contribution in [-0.2, 0) is 4.74 Å².